The second-order valence-electron chi connectivity index (χ2n) is 9.32. The van der Waals surface area contributed by atoms with Crippen LogP contribution in [0.5, 0.6) is 0 Å². The van der Waals surface area contributed by atoms with Crippen LogP contribution in [-0.2, 0) is 26.3 Å². The van der Waals surface area contributed by atoms with Crippen LogP contribution in [0.1, 0.15) is 24.0 Å². The monoisotopic (exact) mass is 597 g/mol. The van der Waals surface area contributed by atoms with E-state index in [1.807, 2.05) is 53.6 Å². The summed E-state index contributed by atoms with van der Waals surface area (Å²) >= 11 is 0. The van der Waals surface area contributed by atoms with Gasteiger partial charge in [0.25, 0.3) is 0 Å². The van der Waals surface area contributed by atoms with Crippen LogP contribution in [0.3, 0.4) is 0 Å². The smallest absolute Gasteiger partial charge is 0.475 e. The van der Waals surface area contributed by atoms with E-state index in [2.05, 4.69) is 34.1 Å². The number of carboxylic acids is 2. The summed E-state index contributed by atoms with van der Waals surface area (Å²) in [6, 6.07) is 22.4. The molecule has 1 spiro atoms. The van der Waals surface area contributed by atoms with Gasteiger partial charge in [-0.25, -0.2) is 9.59 Å². The SMILES string of the molecule is O=C(O)C(F)(F)F.O=C(O)C(F)(F)F.O=C1N(c2ccccc2)c2ccccc2C12CCN(Cc1cccnc1)CC2. The maximum Gasteiger partial charge on any atom is 0.490 e. The molecule has 2 N–H and O–H groups in total. The van der Waals surface area contributed by atoms with Crippen LogP contribution in [-0.4, -0.2) is 63.4 Å². The van der Waals surface area contributed by atoms with Gasteiger partial charge in [-0.15, -0.1) is 0 Å². The number of amides is 1. The van der Waals surface area contributed by atoms with Crippen LogP contribution in [0, 0.1) is 0 Å². The van der Waals surface area contributed by atoms with Crippen molar-refractivity contribution in [1.29, 1.82) is 0 Å². The predicted octanol–water partition coefficient (Wildman–Crippen LogP) is 5.56. The lowest BCUT2D eigenvalue weighted by Gasteiger charge is -2.38. The van der Waals surface area contributed by atoms with E-state index in [4.69, 9.17) is 19.8 Å². The predicted molar refractivity (Wildman–Crippen MR) is 138 cm³/mol. The highest BCUT2D eigenvalue weighted by Crippen LogP contribution is 2.50. The maximum atomic E-state index is 13.7. The summed E-state index contributed by atoms with van der Waals surface area (Å²) in [7, 11) is 0. The molecule has 224 valence electrons. The summed E-state index contributed by atoms with van der Waals surface area (Å²) in [6.07, 6.45) is -4.72. The number of piperidine rings is 1. The minimum Gasteiger partial charge on any atom is -0.475 e. The number of carbonyl (C=O) groups excluding carboxylic acids is 1. The minimum absolute atomic E-state index is 0.223. The number of fused-ring (bicyclic) bond motifs is 2. The van der Waals surface area contributed by atoms with Crippen LogP contribution in [0.2, 0.25) is 0 Å². The summed E-state index contributed by atoms with van der Waals surface area (Å²) in [4.78, 5) is 40.1. The van der Waals surface area contributed by atoms with E-state index >= 15 is 0 Å². The van der Waals surface area contributed by atoms with Crippen molar-refractivity contribution in [3.8, 4) is 0 Å². The van der Waals surface area contributed by atoms with Gasteiger partial charge in [0.1, 0.15) is 0 Å². The molecule has 8 nitrogen and oxygen atoms in total. The summed E-state index contributed by atoms with van der Waals surface area (Å²) < 4.78 is 63.5. The zero-order valence-corrected chi connectivity index (χ0v) is 21.8. The van der Waals surface area contributed by atoms with Gasteiger partial charge in [-0.3, -0.25) is 19.6 Å². The summed E-state index contributed by atoms with van der Waals surface area (Å²) in [5.41, 5.74) is 4.00. The second-order valence-corrected chi connectivity index (χ2v) is 9.32. The van der Waals surface area contributed by atoms with E-state index in [1.54, 1.807) is 6.20 Å². The number of carboxylic acid groups (broad SMARTS) is 2. The molecule has 2 aliphatic rings. The van der Waals surface area contributed by atoms with Gasteiger partial charge >= 0.3 is 24.3 Å². The van der Waals surface area contributed by atoms with Gasteiger partial charge in [-0.05, 0) is 61.3 Å². The van der Waals surface area contributed by atoms with E-state index < -0.39 is 29.7 Å². The van der Waals surface area contributed by atoms with Crippen LogP contribution in [0.15, 0.2) is 79.1 Å². The highest BCUT2D eigenvalue weighted by Gasteiger charge is 2.52. The number of hydrogen-bond donors (Lipinski definition) is 2. The Kier molecular flexibility index (Phi) is 9.94. The number of anilines is 2. The number of likely N-dealkylation sites (tertiary alicyclic amines) is 1. The largest absolute Gasteiger partial charge is 0.490 e. The highest BCUT2D eigenvalue weighted by atomic mass is 19.4. The number of aromatic nitrogens is 1. The first kappa shape index (κ1) is 32.1. The molecule has 0 saturated carbocycles. The lowest BCUT2D eigenvalue weighted by molar-refractivity contribution is -0.193. The average molecular weight is 598 g/mol. The molecular weight excluding hydrogens is 572 g/mol. The molecule has 0 bridgehead atoms. The van der Waals surface area contributed by atoms with Crippen LogP contribution in [0.25, 0.3) is 0 Å². The molecule has 1 aromatic heterocycles. The van der Waals surface area contributed by atoms with Crippen LogP contribution in [0.4, 0.5) is 37.7 Å². The quantitative estimate of drug-likeness (QED) is 0.381. The molecule has 1 fully saturated rings. The van der Waals surface area contributed by atoms with Crippen molar-refractivity contribution in [1.82, 2.24) is 9.88 Å². The third kappa shape index (κ3) is 7.63. The molecule has 0 atom stereocenters. The summed E-state index contributed by atoms with van der Waals surface area (Å²) in [5, 5.41) is 14.2. The molecule has 0 unspecified atom stereocenters. The molecule has 5 rings (SSSR count). The fourth-order valence-corrected chi connectivity index (χ4v) is 4.67. The topological polar surface area (TPSA) is 111 Å². The first-order valence-corrected chi connectivity index (χ1v) is 12.4. The molecule has 1 amide bonds. The Morgan fingerprint density at radius 1 is 0.810 bits per heavy atom. The van der Waals surface area contributed by atoms with Crippen molar-refractivity contribution in [3.05, 3.63) is 90.3 Å². The van der Waals surface area contributed by atoms with Crippen molar-refractivity contribution in [2.75, 3.05) is 18.0 Å². The van der Waals surface area contributed by atoms with Crippen molar-refractivity contribution >= 4 is 29.2 Å². The first-order valence-electron chi connectivity index (χ1n) is 12.4. The Morgan fingerprint density at radius 2 is 1.33 bits per heavy atom. The maximum absolute atomic E-state index is 13.7. The Labute approximate surface area is 235 Å². The van der Waals surface area contributed by atoms with Gasteiger partial charge in [0.2, 0.25) is 5.91 Å². The standard InChI is InChI=1S/C24H23N3O.2C2HF3O2/c28-23-24(12-15-26(16-13-24)18-19-7-6-14-25-17-19)21-10-4-5-11-22(21)27(23)20-8-2-1-3-9-20;2*3-2(4,5)1(6)7/h1-11,14,17H,12-13,15-16,18H2;2*(H,6,7). The van der Waals surface area contributed by atoms with E-state index in [0.717, 1.165) is 43.9 Å². The van der Waals surface area contributed by atoms with Crippen LogP contribution < -0.4 is 4.90 Å². The molecule has 2 aromatic carbocycles. The fraction of sp³-hybridized carbons (Fsp3) is 0.286. The molecule has 2 aliphatic heterocycles. The van der Waals surface area contributed by atoms with Crippen LogP contribution >= 0.6 is 0 Å². The number of rotatable bonds is 3. The van der Waals surface area contributed by atoms with Gasteiger partial charge in [0, 0.05) is 24.6 Å². The fourth-order valence-electron chi connectivity index (χ4n) is 4.67. The van der Waals surface area contributed by atoms with Gasteiger partial charge in [0.15, 0.2) is 0 Å². The molecule has 3 aromatic rings. The Balaban J connectivity index is 0.000000289. The third-order valence-electron chi connectivity index (χ3n) is 6.61. The van der Waals surface area contributed by atoms with Gasteiger partial charge in [-0.2, -0.15) is 26.3 Å². The highest BCUT2D eigenvalue weighted by molar-refractivity contribution is 6.13. The molecule has 14 heteroatoms. The number of alkyl halides is 6. The molecule has 1 saturated heterocycles. The number of hydrogen-bond acceptors (Lipinski definition) is 5. The first-order chi connectivity index (χ1) is 19.7. The molecule has 42 heavy (non-hydrogen) atoms. The van der Waals surface area contributed by atoms with E-state index in [9.17, 15) is 31.1 Å². The van der Waals surface area contributed by atoms with Crippen molar-refractivity contribution in [3.63, 3.8) is 0 Å². The van der Waals surface area contributed by atoms with Crippen molar-refractivity contribution < 1.29 is 50.9 Å². The lowest BCUT2D eigenvalue weighted by atomic mass is 9.73. The number of pyridine rings is 1. The van der Waals surface area contributed by atoms with Gasteiger partial charge in [-0.1, -0.05) is 42.5 Å². The Morgan fingerprint density at radius 3 is 1.83 bits per heavy atom. The summed E-state index contributed by atoms with van der Waals surface area (Å²) in [5.74, 6) is -5.29. The third-order valence-corrected chi connectivity index (χ3v) is 6.61. The van der Waals surface area contributed by atoms with Crippen molar-refractivity contribution in [2.45, 2.75) is 37.2 Å². The Hall–Kier alpha value is -4.46. The molecule has 0 radical (unpaired) electrons. The van der Waals surface area contributed by atoms with E-state index in [1.165, 1.54) is 11.1 Å². The lowest BCUT2D eigenvalue weighted by Crippen LogP contribution is -2.47. The minimum atomic E-state index is -5.08. The van der Waals surface area contributed by atoms with Gasteiger partial charge < -0.3 is 10.2 Å². The van der Waals surface area contributed by atoms with E-state index in [-0.39, 0.29) is 5.91 Å². The zero-order chi connectivity index (χ0) is 31.1. The number of para-hydroxylation sites is 2. The second kappa shape index (κ2) is 13.0. The zero-order valence-electron chi connectivity index (χ0n) is 21.8. The molecule has 0 aliphatic carbocycles. The number of benzene rings is 2. The average Bonchev–Trinajstić information content (AvgIpc) is 3.18. The normalized spacial score (nSPS) is 16.0. The number of aliphatic carboxylic acids is 2. The van der Waals surface area contributed by atoms with Crippen molar-refractivity contribution in [2.24, 2.45) is 0 Å². The molecule has 3 heterocycles. The van der Waals surface area contributed by atoms with Gasteiger partial charge in [0.05, 0.1) is 11.1 Å². The van der Waals surface area contributed by atoms with E-state index in [0.29, 0.717) is 0 Å². The summed E-state index contributed by atoms with van der Waals surface area (Å²) in [6.45, 7) is 2.72. The molecular formula is C28H25F6N3O5. The number of nitrogens with zero attached hydrogens (tertiary/aromatic N) is 3. The number of carbonyl (C=O) groups is 3. The number of halogens is 6. The Bertz CT molecular complexity index is 1350.